The highest BCUT2D eigenvalue weighted by Crippen LogP contribution is 2.33. The average molecular weight is 266 g/mol. The van der Waals surface area contributed by atoms with Crippen LogP contribution in [0.5, 0.6) is 0 Å². The van der Waals surface area contributed by atoms with Crippen molar-refractivity contribution in [1.29, 1.82) is 21.0 Å². The Morgan fingerprint density at radius 2 is 1.60 bits per heavy atom. The zero-order chi connectivity index (χ0) is 15.1. The maximum absolute atomic E-state index is 8.95. The lowest BCUT2D eigenvalue weighted by Gasteiger charge is -2.25. The van der Waals surface area contributed by atoms with Crippen LogP contribution in [0, 0.1) is 45.3 Å². The fourth-order valence-electron chi connectivity index (χ4n) is 1.88. The van der Waals surface area contributed by atoms with Crippen LogP contribution in [0.1, 0.15) is 6.42 Å². The molecule has 6 heteroatoms. The quantitative estimate of drug-likeness (QED) is 0.701. The first kappa shape index (κ1) is 15.0. The van der Waals surface area contributed by atoms with Gasteiger partial charge in [0.05, 0.1) is 13.2 Å². The van der Waals surface area contributed by atoms with Crippen LogP contribution in [0.4, 0.5) is 0 Å². The van der Waals surface area contributed by atoms with Gasteiger partial charge in [0.25, 0.3) is 0 Å². The van der Waals surface area contributed by atoms with Gasteiger partial charge < -0.3 is 9.47 Å². The molecule has 1 unspecified atom stereocenters. The van der Waals surface area contributed by atoms with Crippen LogP contribution < -0.4 is 0 Å². The fourth-order valence-corrected chi connectivity index (χ4v) is 1.88. The van der Waals surface area contributed by atoms with Crippen molar-refractivity contribution in [2.75, 3.05) is 14.2 Å². The molecule has 98 valence electrons. The molecule has 0 saturated carbocycles. The highest BCUT2D eigenvalue weighted by Gasteiger charge is 2.28. The van der Waals surface area contributed by atoms with Crippen molar-refractivity contribution >= 4 is 0 Å². The summed E-state index contributed by atoms with van der Waals surface area (Å²) in [5, 5.41) is 35.8. The van der Waals surface area contributed by atoms with Crippen molar-refractivity contribution in [3.63, 3.8) is 0 Å². The number of hydrogen-bond donors (Lipinski definition) is 0. The zero-order valence-electron chi connectivity index (χ0n) is 11.0. The molecule has 0 amide bonds. The summed E-state index contributed by atoms with van der Waals surface area (Å²) >= 11 is 0. The van der Waals surface area contributed by atoms with E-state index in [-0.39, 0.29) is 23.3 Å². The Bertz CT molecular complexity index is 640. The van der Waals surface area contributed by atoms with Crippen molar-refractivity contribution < 1.29 is 9.47 Å². The van der Waals surface area contributed by atoms with E-state index < -0.39 is 6.10 Å². The number of methoxy groups -OCH3 is 2. The predicted octanol–water partition coefficient (Wildman–Crippen LogP) is 1.62. The minimum Gasteiger partial charge on any atom is -0.496 e. The third-order valence-corrected chi connectivity index (χ3v) is 2.86. The molecule has 1 rings (SSSR count). The van der Waals surface area contributed by atoms with Gasteiger partial charge in [-0.1, -0.05) is 0 Å². The highest BCUT2D eigenvalue weighted by atomic mass is 16.5. The van der Waals surface area contributed by atoms with E-state index in [1.54, 1.807) is 24.3 Å². The van der Waals surface area contributed by atoms with Crippen molar-refractivity contribution in [3.05, 3.63) is 34.1 Å². The van der Waals surface area contributed by atoms with E-state index >= 15 is 0 Å². The summed E-state index contributed by atoms with van der Waals surface area (Å²) in [6, 6.07) is 7.19. The van der Waals surface area contributed by atoms with E-state index in [9.17, 15) is 0 Å². The molecule has 0 aromatic heterocycles. The SMILES string of the molecule is COC1=CC(=C(C#N)C#N)C(OC)CC1=C(C#N)C#N. The highest BCUT2D eigenvalue weighted by molar-refractivity contribution is 5.56. The molecule has 1 aliphatic rings. The molecule has 0 spiro atoms. The Labute approximate surface area is 116 Å². The molecule has 0 aliphatic heterocycles. The molecule has 0 saturated heterocycles. The first-order valence-corrected chi connectivity index (χ1v) is 5.53. The Balaban J connectivity index is 3.59. The number of nitrogens with zero attached hydrogens (tertiary/aromatic N) is 4. The van der Waals surface area contributed by atoms with Crippen molar-refractivity contribution in [3.8, 4) is 24.3 Å². The van der Waals surface area contributed by atoms with Crippen LogP contribution in [-0.4, -0.2) is 20.3 Å². The van der Waals surface area contributed by atoms with Crippen LogP contribution in [0.3, 0.4) is 0 Å². The normalized spacial score (nSPS) is 16.9. The van der Waals surface area contributed by atoms with Gasteiger partial charge in [-0.2, -0.15) is 21.0 Å². The summed E-state index contributed by atoms with van der Waals surface area (Å²) in [6.45, 7) is 0. The molecule has 0 aromatic carbocycles. The van der Waals surface area contributed by atoms with Crippen LogP contribution >= 0.6 is 0 Å². The molecule has 0 N–H and O–H groups in total. The van der Waals surface area contributed by atoms with Gasteiger partial charge in [0.2, 0.25) is 0 Å². The Morgan fingerprint density at radius 1 is 1.05 bits per heavy atom. The summed E-state index contributed by atoms with van der Waals surface area (Å²) in [4.78, 5) is 0. The maximum Gasteiger partial charge on any atom is 0.136 e. The second-order valence-corrected chi connectivity index (χ2v) is 3.77. The minimum absolute atomic E-state index is 0.0744. The minimum atomic E-state index is -0.574. The molecular formula is C14H10N4O2. The van der Waals surface area contributed by atoms with Gasteiger partial charge in [-0.25, -0.2) is 0 Å². The molecule has 0 radical (unpaired) electrons. The molecular weight excluding hydrogens is 256 g/mol. The lowest BCUT2D eigenvalue weighted by Crippen LogP contribution is -2.21. The number of ether oxygens (including phenoxy) is 2. The van der Waals surface area contributed by atoms with Gasteiger partial charge >= 0.3 is 0 Å². The zero-order valence-corrected chi connectivity index (χ0v) is 11.0. The average Bonchev–Trinajstić information content (AvgIpc) is 2.50. The molecule has 6 nitrogen and oxygen atoms in total. The van der Waals surface area contributed by atoms with E-state index in [2.05, 4.69) is 0 Å². The summed E-state index contributed by atoms with van der Waals surface area (Å²) in [6.07, 6.45) is 1.08. The molecule has 0 heterocycles. The van der Waals surface area contributed by atoms with E-state index in [0.29, 0.717) is 11.1 Å². The second-order valence-electron chi connectivity index (χ2n) is 3.77. The molecule has 20 heavy (non-hydrogen) atoms. The number of allylic oxidation sites excluding steroid dienone is 3. The Kier molecular flexibility index (Phi) is 5.07. The number of rotatable bonds is 2. The van der Waals surface area contributed by atoms with Crippen LogP contribution in [0.15, 0.2) is 34.1 Å². The van der Waals surface area contributed by atoms with E-state index in [4.69, 9.17) is 30.5 Å². The van der Waals surface area contributed by atoms with E-state index in [0.717, 1.165) is 0 Å². The third-order valence-electron chi connectivity index (χ3n) is 2.86. The van der Waals surface area contributed by atoms with Gasteiger partial charge in [0.1, 0.15) is 41.2 Å². The molecule has 1 aliphatic carbocycles. The summed E-state index contributed by atoms with van der Waals surface area (Å²) in [5.41, 5.74) is 0.632. The van der Waals surface area contributed by atoms with Crippen molar-refractivity contribution in [2.45, 2.75) is 12.5 Å². The maximum atomic E-state index is 8.95. The summed E-state index contributed by atoms with van der Waals surface area (Å²) in [5.74, 6) is 0.286. The molecule has 0 fully saturated rings. The number of hydrogen-bond acceptors (Lipinski definition) is 6. The summed E-state index contributed by atoms with van der Waals surface area (Å²) < 4.78 is 10.4. The Hall–Kier alpha value is -3.06. The Morgan fingerprint density at radius 3 is 2.00 bits per heavy atom. The fraction of sp³-hybridized carbons (Fsp3) is 0.286. The first-order chi connectivity index (χ1) is 9.66. The monoisotopic (exact) mass is 266 g/mol. The predicted molar refractivity (Wildman–Crippen MR) is 67.0 cm³/mol. The van der Waals surface area contributed by atoms with Crippen LogP contribution in [-0.2, 0) is 9.47 Å². The molecule has 0 bridgehead atoms. The van der Waals surface area contributed by atoms with Gasteiger partial charge in [-0.15, -0.1) is 0 Å². The van der Waals surface area contributed by atoms with Gasteiger partial charge in [-0.3, -0.25) is 0 Å². The molecule has 1 atom stereocenters. The first-order valence-electron chi connectivity index (χ1n) is 5.53. The van der Waals surface area contributed by atoms with E-state index in [1.165, 1.54) is 20.3 Å². The smallest absolute Gasteiger partial charge is 0.136 e. The van der Waals surface area contributed by atoms with Gasteiger partial charge in [0, 0.05) is 24.7 Å². The topological polar surface area (TPSA) is 114 Å². The third kappa shape index (κ3) is 2.68. The summed E-state index contributed by atoms with van der Waals surface area (Å²) in [7, 11) is 2.82. The van der Waals surface area contributed by atoms with Gasteiger partial charge in [-0.05, 0) is 6.08 Å². The van der Waals surface area contributed by atoms with Crippen LogP contribution in [0.2, 0.25) is 0 Å². The lowest BCUT2D eigenvalue weighted by atomic mass is 9.88. The molecule has 0 aromatic rings. The number of nitriles is 4. The standard InChI is InChI=1S/C14H10N4O2/c1-19-13-3-12(10(7-17)8-18)14(20-2)4-11(13)9(5-15)6-16/h3,14H,4H2,1-2H3. The largest absolute Gasteiger partial charge is 0.496 e. The van der Waals surface area contributed by atoms with Crippen LogP contribution in [0.25, 0.3) is 0 Å². The van der Waals surface area contributed by atoms with Crippen molar-refractivity contribution in [2.24, 2.45) is 0 Å². The van der Waals surface area contributed by atoms with Gasteiger partial charge in [0.15, 0.2) is 0 Å². The van der Waals surface area contributed by atoms with E-state index in [1.807, 2.05) is 0 Å². The van der Waals surface area contributed by atoms with Crippen molar-refractivity contribution in [1.82, 2.24) is 0 Å². The lowest BCUT2D eigenvalue weighted by molar-refractivity contribution is 0.128. The second kappa shape index (κ2) is 6.76.